The van der Waals surface area contributed by atoms with E-state index in [9.17, 15) is 5.11 Å². The van der Waals surface area contributed by atoms with Crippen LogP contribution >= 0.6 is 0 Å². The molecule has 0 saturated carbocycles. The third-order valence-corrected chi connectivity index (χ3v) is 2.53. The molecule has 0 aromatic carbocycles. The number of nitrogens with two attached hydrogens (primary N) is 1. The maximum atomic E-state index is 9.24. The van der Waals surface area contributed by atoms with Crippen molar-refractivity contribution in [2.45, 2.75) is 6.04 Å². The Kier molecular flexibility index (Phi) is 3.50. The summed E-state index contributed by atoms with van der Waals surface area (Å²) >= 11 is 0. The summed E-state index contributed by atoms with van der Waals surface area (Å²) in [6.45, 7) is 1.87. The normalized spacial score (nSPS) is 20.9. The molecular formula is C9H15N5O2. The molecule has 7 heteroatoms. The minimum atomic E-state index is -0.0609. The highest BCUT2D eigenvalue weighted by Crippen LogP contribution is 2.18. The van der Waals surface area contributed by atoms with Crippen molar-refractivity contribution in [1.29, 1.82) is 0 Å². The lowest BCUT2D eigenvalue weighted by Gasteiger charge is -2.35. The molecule has 1 aromatic heterocycles. The first kappa shape index (κ1) is 11.1. The predicted octanol–water partition coefficient (Wildman–Crippen LogP) is -1.04. The first-order chi connectivity index (χ1) is 7.85. The number of hydrogen-bond acceptors (Lipinski definition) is 7. The zero-order valence-corrected chi connectivity index (χ0v) is 8.83. The van der Waals surface area contributed by atoms with Crippen LogP contribution in [0.1, 0.15) is 0 Å². The number of nitrogens with zero attached hydrogens (tertiary/aromatic N) is 3. The van der Waals surface area contributed by atoms with Crippen LogP contribution in [0.5, 0.6) is 0 Å². The first-order valence-electron chi connectivity index (χ1n) is 5.09. The number of hydrazine groups is 1. The number of aliphatic hydroxyl groups excluding tert-OH is 1. The maximum Gasteiger partial charge on any atom is 0.145 e. The molecule has 1 aromatic rings. The lowest BCUT2D eigenvalue weighted by molar-refractivity contribution is 0.0723. The molecule has 4 N–H and O–H groups in total. The van der Waals surface area contributed by atoms with Gasteiger partial charge in [0.2, 0.25) is 0 Å². The monoisotopic (exact) mass is 225 g/mol. The molecule has 1 aliphatic heterocycles. The fraction of sp³-hybridized carbons (Fsp3) is 0.556. The van der Waals surface area contributed by atoms with Crippen LogP contribution in [-0.2, 0) is 4.74 Å². The standard InChI is InChI=1S/C9H15N5O2/c10-13-8-3-9(12-6-11-8)14-1-2-16-5-7(14)4-15/h3,6-7,15H,1-2,4-5,10H2,(H,11,12,13). The minimum Gasteiger partial charge on any atom is -0.394 e. The van der Waals surface area contributed by atoms with Crippen molar-refractivity contribution >= 4 is 11.6 Å². The summed E-state index contributed by atoms with van der Waals surface area (Å²) in [6, 6.07) is 1.68. The van der Waals surface area contributed by atoms with E-state index in [-0.39, 0.29) is 12.6 Å². The van der Waals surface area contributed by atoms with Crippen LogP contribution in [0.3, 0.4) is 0 Å². The quantitative estimate of drug-likeness (QED) is 0.446. The third kappa shape index (κ3) is 2.21. The first-order valence-corrected chi connectivity index (χ1v) is 5.09. The van der Waals surface area contributed by atoms with Crippen LogP contribution in [0.4, 0.5) is 11.6 Å². The van der Waals surface area contributed by atoms with Crippen molar-refractivity contribution in [1.82, 2.24) is 9.97 Å². The van der Waals surface area contributed by atoms with E-state index in [1.54, 1.807) is 6.07 Å². The molecule has 1 aliphatic rings. The highest BCUT2D eigenvalue weighted by molar-refractivity contribution is 5.48. The molecule has 2 heterocycles. The van der Waals surface area contributed by atoms with E-state index < -0.39 is 0 Å². The summed E-state index contributed by atoms with van der Waals surface area (Å²) in [4.78, 5) is 10.1. The molecule has 1 unspecified atom stereocenters. The smallest absolute Gasteiger partial charge is 0.145 e. The second kappa shape index (κ2) is 5.06. The molecule has 0 spiro atoms. The fourth-order valence-electron chi connectivity index (χ4n) is 1.69. The highest BCUT2D eigenvalue weighted by Gasteiger charge is 2.23. The number of hydrogen-bond donors (Lipinski definition) is 3. The molecule has 2 rings (SSSR count). The van der Waals surface area contributed by atoms with Crippen LogP contribution in [0.15, 0.2) is 12.4 Å². The van der Waals surface area contributed by atoms with Crippen LogP contribution in [-0.4, -0.2) is 47.5 Å². The Hall–Kier alpha value is -1.44. The van der Waals surface area contributed by atoms with Gasteiger partial charge in [-0.15, -0.1) is 0 Å². The van der Waals surface area contributed by atoms with Gasteiger partial charge in [-0.3, -0.25) is 0 Å². The molecule has 0 amide bonds. The van der Waals surface area contributed by atoms with E-state index in [1.807, 2.05) is 4.90 Å². The number of aliphatic hydroxyl groups is 1. The van der Waals surface area contributed by atoms with E-state index in [0.717, 1.165) is 5.82 Å². The lowest BCUT2D eigenvalue weighted by atomic mass is 10.2. The molecule has 1 atom stereocenters. The Balaban J connectivity index is 2.20. The number of nitrogen functional groups attached to an aromatic ring is 1. The van der Waals surface area contributed by atoms with Gasteiger partial charge in [-0.2, -0.15) is 0 Å². The number of aromatic nitrogens is 2. The van der Waals surface area contributed by atoms with Crippen molar-refractivity contribution in [2.75, 3.05) is 36.7 Å². The summed E-state index contributed by atoms with van der Waals surface area (Å²) in [5.74, 6) is 6.57. The van der Waals surface area contributed by atoms with E-state index in [4.69, 9.17) is 10.6 Å². The molecule has 7 nitrogen and oxygen atoms in total. The van der Waals surface area contributed by atoms with E-state index in [2.05, 4.69) is 15.4 Å². The van der Waals surface area contributed by atoms with Gasteiger partial charge in [-0.05, 0) is 0 Å². The van der Waals surface area contributed by atoms with Crippen molar-refractivity contribution in [2.24, 2.45) is 5.84 Å². The molecule has 1 saturated heterocycles. The van der Waals surface area contributed by atoms with Gasteiger partial charge in [0, 0.05) is 12.6 Å². The van der Waals surface area contributed by atoms with Crippen LogP contribution in [0, 0.1) is 0 Å². The fourth-order valence-corrected chi connectivity index (χ4v) is 1.69. The Bertz CT molecular complexity index is 348. The van der Waals surface area contributed by atoms with Crippen LogP contribution < -0.4 is 16.2 Å². The van der Waals surface area contributed by atoms with E-state index >= 15 is 0 Å². The van der Waals surface area contributed by atoms with E-state index in [1.165, 1.54) is 6.33 Å². The summed E-state index contributed by atoms with van der Waals surface area (Å²) in [7, 11) is 0. The predicted molar refractivity (Wildman–Crippen MR) is 58.9 cm³/mol. The molecular weight excluding hydrogens is 210 g/mol. The second-order valence-corrected chi connectivity index (χ2v) is 3.51. The average molecular weight is 225 g/mol. The SMILES string of the molecule is NNc1cc(N2CCOCC2CO)ncn1. The van der Waals surface area contributed by atoms with Crippen molar-refractivity contribution in [3.05, 3.63) is 12.4 Å². The Labute approximate surface area is 93.2 Å². The number of ether oxygens (including phenoxy) is 1. The molecule has 0 bridgehead atoms. The van der Waals surface area contributed by atoms with Gasteiger partial charge in [0.05, 0.1) is 25.9 Å². The van der Waals surface area contributed by atoms with Crippen molar-refractivity contribution in [3.8, 4) is 0 Å². The highest BCUT2D eigenvalue weighted by atomic mass is 16.5. The zero-order valence-electron chi connectivity index (χ0n) is 8.83. The molecule has 0 aliphatic carbocycles. The minimum absolute atomic E-state index is 0.0371. The van der Waals surface area contributed by atoms with Gasteiger partial charge in [0.15, 0.2) is 0 Å². The topological polar surface area (TPSA) is 96.5 Å². The largest absolute Gasteiger partial charge is 0.394 e. The van der Waals surface area contributed by atoms with Gasteiger partial charge in [0.25, 0.3) is 0 Å². The van der Waals surface area contributed by atoms with Gasteiger partial charge in [-0.1, -0.05) is 0 Å². The van der Waals surface area contributed by atoms with Gasteiger partial charge >= 0.3 is 0 Å². The number of rotatable bonds is 3. The summed E-state index contributed by atoms with van der Waals surface area (Å²) in [6.07, 6.45) is 1.44. The van der Waals surface area contributed by atoms with Crippen LogP contribution in [0.2, 0.25) is 0 Å². The maximum absolute atomic E-state index is 9.24. The molecule has 88 valence electrons. The summed E-state index contributed by atoms with van der Waals surface area (Å²) < 4.78 is 5.30. The number of nitrogens with one attached hydrogen (secondary N) is 1. The van der Waals surface area contributed by atoms with Gasteiger partial charge in [0.1, 0.15) is 18.0 Å². The van der Waals surface area contributed by atoms with E-state index in [0.29, 0.717) is 25.6 Å². The van der Waals surface area contributed by atoms with Gasteiger partial charge in [-0.25, -0.2) is 15.8 Å². The Morgan fingerprint density at radius 1 is 1.62 bits per heavy atom. The Morgan fingerprint density at radius 2 is 2.50 bits per heavy atom. The van der Waals surface area contributed by atoms with Crippen molar-refractivity contribution in [3.63, 3.8) is 0 Å². The zero-order chi connectivity index (χ0) is 11.4. The summed E-state index contributed by atoms with van der Waals surface area (Å²) in [5, 5.41) is 9.24. The third-order valence-electron chi connectivity index (χ3n) is 2.53. The number of anilines is 2. The summed E-state index contributed by atoms with van der Waals surface area (Å²) in [5.41, 5.74) is 2.47. The lowest BCUT2D eigenvalue weighted by Crippen LogP contribution is -2.48. The second-order valence-electron chi connectivity index (χ2n) is 3.51. The molecule has 1 fully saturated rings. The van der Waals surface area contributed by atoms with Gasteiger partial charge < -0.3 is 20.2 Å². The molecule has 16 heavy (non-hydrogen) atoms. The average Bonchev–Trinajstić information content (AvgIpc) is 2.38. The Morgan fingerprint density at radius 3 is 3.25 bits per heavy atom. The number of morpholine rings is 1. The van der Waals surface area contributed by atoms with Crippen molar-refractivity contribution < 1.29 is 9.84 Å². The van der Waals surface area contributed by atoms with Crippen LogP contribution in [0.25, 0.3) is 0 Å². The molecule has 0 radical (unpaired) electrons.